The molecule has 0 radical (unpaired) electrons. The van der Waals surface area contributed by atoms with Crippen molar-refractivity contribution in [1.82, 2.24) is 5.32 Å². The van der Waals surface area contributed by atoms with Gasteiger partial charge in [0.2, 0.25) is 0 Å². The van der Waals surface area contributed by atoms with Crippen molar-refractivity contribution in [3.63, 3.8) is 0 Å². The molecule has 1 saturated heterocycles. The maximum atomic E-state index is 5.78. The summed E-state index contributed by atoms with van der Waals surface area (Å²) in [6, 6.07) is 3.99. The standard InChI is InChI=1S/C13H20ClNO2/c1-15-11(12-7-8-13(14)17-12)6-2-4-10-5-3-9-16-10/h7-8,10-11,15H,2-6,9H2,1H3. The number of hydrogen-bond donors (Lipinski definition) is 1. The molecule has 17 heavy (non-hydrogen) atoms. The van der Waals surface area contributed by atoms with Gasteiger partial charge in [-0.1, -0.05) is 0 Å². The Morgan fingerprint density at radius 2 is 2.41 bits per heavy atom. The van der Waals surface area contributed by atoms with Crippen LogP contribution in [0.15, 0.2) is 16.5 Å². The molecule has 0 bridgehead atoms. The summed E-state index contributed by atoms with van der Waals surface area (Å²) in [7, 11) is 1.95. The van der Waals surface area contributed by atoms with Crippen LogP contribution in [0.3, 0.4) is 0 Å². The lowest BCUT2D eigenvalue weighted by Crippen LogP contribution is -2.16. The van der Waals surface area contributed by atoms with Crippen LogP contribution in [0, 0.1) is 0 Å². The number of nitrogens with one attached hydrogen (secondary N) is 1. The lowest BCUT2D eigenvalue weighted by atomic mass is 10.0. The van der Waals surface area contributed by atoms with E-state index in [1.165, 1.54) is 12.8 Å². The summed E-state index contributed by atoms with van der Waals surface area (Å²) in [5.74, 6) is 0.921. The van der Waals surface area contributed by atoms with Crippen LogP contribution >= 0.6 is 11.6 Å². The predicted octanol–water partition coefficient (Wildman–Crippen LogP) is 3.54. The number of furan rings is 1. The van der Waals surface area contributed by atoms with Gasteiger partial charge in [-0.25, -0.2) is 0 Å². The number of hydrogen-bond acceptors (Lipinski definition) is 3. The average molecular weight is 258 g/mol. The molecule has 96 valence electrons. The second-order valence-corrected chi connectivity index (χ2v) is 4.92. The monoisotopic (exact) mass is 257 g/mol. The van der Waals surface area contributed by atoms with Crippen LogP contribution in [0.5, 0.6) is 0 Å². The molecule has 0 aromatic carbocycles. The predicted molar refractivity (Wildman–Crippen MR) is 68.3 cm³/mol. The highest BCUT2D eigenvalue weighted by molar-refractivity contribution is 6.28. The molecule has 3 nitrogen and oxygen atoms in total. The van der Waals surface area contributed by atoms with E-state index in [0.717, 1.165) is 31.6 Å². The highest BCUT2D eigenvalue weighted by Gasteiger charge is 2.17. The van der Waals surface area contributed by atoms with Gasteiger partial charge in [-0.3, -0.25) is 0 Å². The molecule has 0 saturated carbocycles. The van der Waals surface area contributed by atoms with E-state index in [2.05, 4.69) is 5.32 Å². The summed E-state index contributed by atoms with van der Waals surface area (Å²) in [4.78, 5) is 0. The summed E-state index contributed by atoms with van der Waals surface area (Å²) in [6.07, 6.45) is 6.26. The molecule has 0 aliphatic carbocycles. The third-order valence-electron chi connectivity index (χ3n) is 3.33. The summed E-state index contributed by atoms with van der Waals surface area (Å²) in [5, 5.41) is 3.72. The first kappa shape index (κ1) is 12.9. The van der Waals surface area contributed by atoms with E-state index < -0.39 is 0 Å². The van der Waals surface area contributed by atoms with Gasteiger partial charge in [-0.15, -0.1) is 0 Å². The normalized spacial score (nSPS) is 21.9. The van der Waals surface area contributed by atoms with E-state index in [1.54, 1.807) is 6.07 Å². The average Bonchev–Trinajstić information content (AvgIpc) is 2.96. The SMILES string of the molecule is CNC(CCCC1CCCO1)c1ccc(Cl)o1. The molecule has 0 amide bonds. The first-order valence-corrected chi connectivity index (χ1v) is 6.71. The highest BCUT2D eigenvalue weighted by atomic mass is 35.5. The molecule has 2 heterocycles. The van der Waals surface area contributed by atoms with E-state index >= 15 is 0 Å². The molecule has 1 aliphatic heterocycles. The molecule has 2 rings (SSSR count). The minimum Gasteiger partial charge on any atom is -0.448 e. The molecule has 4 heteroatoms. The third-order valence-corrected chi connectivity index (χ3v) is 3.53. The number of rotatable bonds is 6. The van der Waals surface area contributed by atoms with Crippen molar-refractivity contribution in [2.24, 2.45) is 0 Å². The van der Waals surface area contributed by atoms with Crippen LogP contribution in [0.25, 0.3) is 0 Å². The van der Waals surface area contributed by atoms with Crippen molar-refractivity contribution in [1.29, 1.82) is 0 Å². The summed E-state index contributed by atoms with van der Waals surface area (Å²) in [6.45, 7) is 0.938. The summed E-state index contributed by atoms with van der Waals surface area (Å²) in [5.41, 5.74) is 0. The maximum Gasteiger partial charge on any atom is 0.193 e. The van der Waals surface area contributed by atoms with Gasteiger partial charge in [0, 0.05) is 6.61 Å². The Morgan fingerprint density at radius 3 is 3.00 bits per heavy atom. The van der Waals surface area contributed by atoms with Gasteiger partial charge in [0.15, 0.2) is 5.22 Å². The molecule has 0 spiro atoms. The Labute approximate surface area is 107 Å². The largest absolute Gasteiger partial charge is 0.448 e. The van der Waals surface area contributed by atoms with Crippen LogP contribution in [-0.4, -0.2) is 19.8 Å². The first-order chi connectivity index (χ1) is 8.29. The second kappa shape index (κ2) is 6.43. The minimum absolute atomic E-state index is 0.254. The van der Waals surface area contributed by atoms with Crippen molar-refractivity contribution < 1.29 is 9.15 Å². The van der Waals surface area contributed by atoms with Crippen molar-refractivity contribution in [3.8, 4) is 0 Å². The minimum atomic E-state index is 0.254. The number of halogens is 1. The molecule has 2 atom stereocenters. The van der Waals surface area contributed by atoms with Crippen molar-refractivity contribution in [2.45, 2.75) is 44.2 Å². The fourth-order valence-electron chi connectivity index (χ4n) is 2.37. The summed E-state index contributed by atoms with van der Waals surface area (Å²) < 4.78 is 11.0. The molecular formula is C13H20ClNO2. The van der Waals surface area contributed by atoms with Gasteiger partial charge in [-0.2, -0.15) is 0 Å². The molecule has 1 N–H and O–H groups in total. The first-order valence-electron chi connectivity index (χ1n) is 6.33. The van der Waals surface area contributed by atoms with Gasteiger partial charge in [-0.05, 0) is 62.9 Å². The van der Waals surface area contributed by atoms with Gasteiger partial charge < -0.3 is 14.5 Å². The van der Waals surface area contributed by atoms with E-state index in [4.69, 9.17) is 20.8 Å². The summed E-state index contributed by atoms with van der Waals surface area (Å²) >= 11 is 5.78. The van der Waals surface area contributed by atoms with Gasteiger partial charge in [0.1, 0.15) is 5.76 Å². The molecule has 1 fully saturated rings. The second-order valence-electron chi connectivity index (χ2n) is 4.55. The molecule has 1 aromatic rings. The van der Waals surface area contributed by atoms with Crippen molar-refractivity contribution in [2.75, 3.05) is 13.7 Å². The zero-order valence-corrected chi connectivity index (χ0v) is 11.0. The molecular weight excluding hydrogens is 238 g/mol. The van der Waals surface area contributed by atoms with Gasteiger partial charge >= 0.3 is 0 Å². The molecule has 1 aromatic heterocycles. The zero-order chi connectivity index (χ0) is 12.1. The lowest BCUT2D eigenvalue weighted by Gasteiger charge is -2.15. The van der Waals surface area contributed by atoms with Crippen LogP contribution in [0.4, 0.5) is 0 Å². The highest BCUT2D eigenvalue weighted by Crippen LogP contribution is 2.25. The van der Waals surface area contributed by atoms with Crippen molar-refractivity contribution >= 4 is 11.6 Å². The topological polar surface area (TPSA) is 34.4 Å². The Morgan fingerprint density at radius 1 is 1.53 bits per heavy atom. The van der Waals surface area contributed by atoms with Crippen LogP contribution in [0.2, 0.25) is 5.22 Å². The third kappa shape index (κ3) is 3.73. The lowest BCUT2D eigenvalue weighted by molar-refractivity contribution is 0.101. The van der Waals surface area contributed by atoms with Crippen LogP contribution in [-0.2, 0) is 4.74 Å². The Balaban J connectivity index is 1.75. The maximum absolute atomic E-state index is 5.78. The Hall–Kier alpha value is -0.510. The van der Waals surface area contributed by atoms with Crippen LogP contribution in [0.1, 0.15) is 43.9 Å². The Bertz CT molecular complexity index is 334. The molecule has 2 unspecified atom stereocenters. The Kier molecular flexibility index (Phi) is 4.89. The van der Waals surface area contributed by atoms with Gasteiger partial charge in [0.25, 0.3) is 0 Å². The van der Waals surface area contributed by atoms with Crippen LogP contribution < -0.4 is 5.32 Å². The van der Waals surface area contributed by atoms with E-state index in [9.17, 15) is 0 Å². The fraction of sp³-hybridized carbons (Fsp3) is 0.692. The quantitative estimate of drug-likeness (QED) is 0.846. The smallest absolute Gasteiger partial charge is 0.193 e. The van der Waals surface area contributed by atoms with E-state index in [1.807, 2.05) is 13.1 Å². The van der Waals surface area contributed by atoms with Gasteiger partial charge in [0.05, 0.1) is 12.1 Å². The zero-order valence-electron chi connectivity index (χ0n) is 10.2. The fourth-order valence-corrected chi connectivity index (χ4v) is 2.52. The van der Waals surface area contributed by atoms with E-state index in [-0.39, 0.29) is 6.04 Å². The van der Waals surface area contributed by atoms with Crippen molar-refractivity contribution in [3.05, 3.63) is 23.1 Å². The molecule has 1 aliphatic rings. The number of ether oxygens (including phenoxy) is 1. The van der Waals surface area contributed by atoms with E-state index in [0.29, 0.717) is 11.3 Å².